The molecule has 1 aliphatic rings. The number of aromatic amines is 1. The Bertz CT molecular complexity index is 627. The topological polar surface area (TPSA) is 36.1 Å². The van der Waals surface area contributed by atoms with Crippen LogP contribution in [0.2, 0.25) is 0 Å². The van der Waals surface area contributed by atoms with Crippen LogP contribution in [-0.2, 0) is 6.42 Å². The number of hydrogen-bond acceptors (Lipinski definition) is 2. The standard InChI is InChI=1S/C16H18N2O/c1-11-9-14(12(2)17-11)16(19)10-18-8-7-13-5-3-4-6-15(13)18/h3-6,9,17H,7-8,10H2,1-2H3. The molecule has 2 heterocycles. The number of H-pyrrole nitrogens is 1. The second kappa shape index (κ2) is 4.57. The largest absolute Gasteiger partial charge is 0.363 e. The quantitative estimate of drug-likeness (QED) is 0.855. The highest BCUT2D eigenvalue weighted by molar-refractivity contribution is 6.00. The second-order valence-electron chi connectivity index (χ2n) is 5.21. The van der Waals surface area contributed by atoms with Gasteiger partial charge in [-0.15, -0.1) is 0 Å². The number of rotatable bonds is 3. The highest BCUT2D eigenvalue weighted by atomic mass is 16.1. The average Bonchev–Trinajstić information content (AvgIpc) is 2.94. The lowest BCUT2D eigenvalue weighted by Crippen LogP contribution is -2.28. The summed E-state index contributed by atoms with van der Waals surface area (Å²) in [5, 5.41) is 0. The Balaban J connectivity index is 1.80. The van der Waals surface area contributed by atoms with Crippen LogP contribution in [0.4, 0.5) is 5.69 Å². The van der Waals surface area contributed by atoms with Crippen LogP contribution in [-0.4, -0.2) is 23.9 Å². The summed E-state index contributed by atoms with van der Waals surface area (Å²) in [4.78, 5) is 17.8. The molecule has 1 N–H and O–H groups in total. The van der Waals surface area contributed by atoms with Gasteiger partial charge in [-0.2, -0.15) is 0 Å². The number of carbonyl (C=O) groups is 1. The summed E-state index contributed by atoms with van der Waals surface area (Å²) in [6, 6.07) is 10.3. The zero-order chi connectivity index (χ0) is 13.4. The Morgan fingerprint density at radius 3 is 2.84 bits per heavy atom. The van der Waals surface area contributed by atoms with Crippen molar-refractivity contribution < 1.29 is 4.79 Å². The number of aryl methyl sites for hydroxylation is 2. The first-order valence-corrected chi connectivity index (χ1v) is 6.67. The number of hydrogen-bond donors (Lipinski definition) is 1. The Labute approximate surface area is 113 Å². The Kier molecular flexibility index (Phi) is 2.90. The number of carbonyl (C=O) groups excluding carboxylic acids is 1. The smallest absolute Gasteiger partial charge is 0.183 e. The van der Waals surface area contributed by atoms with Crippen molar-refractivity contribution in [2.45, 2.75) is 20.3 Å². The van der Waals surface area contributed by atoms with E-state index in [4.69, 9.17) is 0 Å². The maximum absolute atomic E-state index is 12.4. The number of nitrogens with zero attached hydrogens (tertiary/aromatic N) is 1. The fraction of sp³-hybridized carbons (Fsp3) is 0.312. The van der Waals surface area contributed by atoms with Gasteiger partial charge in [0.05, 0.1) is 6.54 Å². The van der Waals surface area contributed by atoms with E-state index in [0.29, 0.717) is 6.54 Å². The molecule has 0 spiro atoms. The Morgan fingerprint density at radius 2 is 2.11 bits per heavy atom. The highest BCUT2D eigenvalue weighted by Crippen LogP contribution is 2.27. The van der Waals surface area contributed by atoms with E-state index in [1.165, 1.54) is 11.3 Å². The Morgan fingerprint density at radius 1 is 1.32 bits per heavy atom. The van der Waals surface area contributed by atoms with Gasteiger partial charge >= 0.3 is 0 Å². The summed E-state index contributed by atoms with van der Waals surface area (Å²) >= 11 is 0. The minimum absolute atomic E-state index is 0.193. The summed E-state index contributed by atoms with van der Waals surface area (Å²) < 4.78 is 0. The average molecular weight is 254 g/mol. The molecule has 0 atom stereocenters. The third-order valence-corrected chi connectivity index (χ3v) is 3.77. The molecular formula is C16H18N2O. The number of anilines is 1. The van der Waals surface area contributed by atoms with E-state index < -0.39 is 0 Å². The van der Waals surface area contributed by atoms with Crippen LogP contribution in [0.3, 0.4) is 0 Å². The van der Waals surface area contributed by atoms with Crippen molar-refractivity contribution in [1.82, 2.24) is 4.98 Å². The summed E-state index contributed by atoms with van der Waals surface area (Å²) in [6.45, 7) is 5.34. The van der Waals surface area contributed by atoms with Gasteiger partial charge in [0, 0.05) is 29.2 Å². The first-order valence-electron chi connectivity index (χ1n) is 6.67. The van der Waals surface area contributed by atoms with Crippen molar-refractivity contribution >= 4 is 11.5 Å². The number of para-hydroxylation sites is 1. The number of Topliss-reactive ketones (excluding diaryl/α,β-unsaturated/α-hetero) is 1. The van der Waals surface area contributed by atoms with Gasteiger partial charge in [-0.05, 0) is 38.0 Å². The van der Waals surface area contributed by atoms with Crippen molar-refractivity contribution in [2.75, 3.05) is 18.0 Å². The van der Waals surface area contributed by atoms with Crippen LogP contribution in [0.1, 0.15) is 27.3 Å². The number of fused-ring (bicyclic) bond motifs is 1. The van der Waals surface area contributed by atoms with Crippen LogP contribution in [0.25, 0.3) is 0 Å². The molecule has 1 aromatic heterocycles. The molecule has 0 amide bonds. The predicted molar refractivity (Wildman–Crippen MR) is 77.0 cm³/mol. The van der Waals surface area contributed by atoms with Gasteiger partial charge in [0.25, 0.3) is 0 Å². The third kappa shape index (κ3) is 2.16. The van der Waals surface area contributed by atoms with Crippen LogP contribution in [0.15, 0.2) is 30.3 Å². The van der Waals surface area contributed by atoms with Crippen molar-refractivity contribution in [2.24, 2.45) is 0 Å². The van der Waals surface area contributed by atoms with Crippen LogP contribution in [0.5, 0.6) is 0 Å². The number of aromatic nitrogens is 1. The molecule has 0 radical (unpaired) electrons. The molecule has 98 valence electrons. The number of benzene rings is 1. The summed E-state index contributed by atoms with van der Waals surface area (Å²) in [5.74, 6) is 0.193. The third-order valence-electron chi connectivity index (χ3n) is 3.77. The summed E-state index contributed by atoms with van der Waals surface area (Å²) in [5.41, 5.74) is 5.39. The fourth-order valence-electron chi connectivity index (χ4n) is 2.84. The van der Waals surface area contributed by atoms with Crippen molar-refractivity contribution in [3.05, 3.63) is 52.8 Å². The molecule has 0 saturated carbocycles. The molecule has 2 aromatic rings. The van der Waals surface area contributed by atoms with E-state index in [9.17, 15) is 4.79 Å². The molecule has 1 aliphatic heterocycles. The van der Waals surface area contributed by atoms with E-state index in [1.54, 1.807) is 0 Å². The van der Waals surface area contributed by atoms with Crippen LogP contribution in [0, 0.1) is 13.8 Å². The van der Waals surface area contributed by atoms with E-state index in [1.807, 2.05) is 26.0 Å². The van der Waals surface area contributed by atoms with Gasteiger partial charge in [-0.25, -0.2) is 0 Å². The van der Waals surface area contributed by atoms with Crippen molar-refractivity contribution in [1.29, 1.82) is 0 Å². The van der Waals surface area contributed by atoms with Gasteiger partial charge in [-0.3, -0.25) is 4.79 Å². The lowest BCUT2D eigenvalue weighted by molar-refractivity contribution is 0.0999. The maximum atomic E-state index is 12.4. The van der Waals surface area contributed by atoms with E-state index in [2.05, 4.69) is 28.1 Å². The molecule has 3 heteroatoms. The summed E-state index contributed by atoms with van der Waals surface area (Å²) in [6.07, 6.45) is 1.04. The maximum Gasteiger partial charge on any atom is 0.183 e. The first-order chi connectivity index (χ1) is 9.15. The zero-order valence-electron chi connectivity index (χ0n) is 11.4. The molecule has 0 aliphatic carbocycles. The minimum Gasteiger partial charge on any atom is -0.363 e. The number of nitrogens with one attached hydrogen (secondary N) is 1. The zero-order valence-corrected chi connectivity index (χ0v) is 11.4. The summed E-state index contributed by atoms with van der Waals surface area (Å²) in [7, 11) is 0. The second-order valence-corrected chi connectivity index (χ2v) is 5.21. The first kappa shape index (κ1) is 12.0. The molecule has 1 aromatic carbocycles. The number of ketones is 1. The fourth-order valence-corrected chi connectivity index (χ4v) is 2.84. The van der Waals surface area contributed by atoms with Gasteiger partial charge in [-0.1, -0.05) is 18.2 Å². The van der Waals surface area contributed by atoms with E-state index >= 15 is 0 Å². The lowest BCUT2D eigenvalue weighted by Gasteiger charge is -2.18. The van der Waals surface area contributed by atoms with Crippen LogP contribution < -0.4 is 4.90 Å². The molecule has 19 heavy (non-hydrogen) atoms. The molecular weight excluding hydrogens is 236 g/mol. The van der Waals surface area contributed by atoms with Gasteiger partial charge in [0.2, 0.25) is 0 Å². The molecule has 0 fully saturated rings. The van der Waals surface area contributed by atoms with Crippen molar-refractivity contribution in [3.8, 4) is 0 Å². The van der Waals surface area contributed by atoms with Gasteiger partial charge in [0.1, 0.15) is 0 Å². The molecule has 3 rings (SSSR count). The minimum atomic E-state index is 0.193. The van der Waals surface area contributed by atoms with Crippen molar-refractivity contribution in [3.63, 3.8) is 0 Å². The molecule has 0 saturated heterocycles. The Hall–Kier alpha value is -2.03. The predicted octanol–water partition coefficient (Wildman–Crippen LogP) is 2.88. The highest BCUT2D eigenvalue weighted by Gasteiger charge is 2.22. The van der Waals surface area contributed by atoms with E-state index in [-0.39, 0.29) is 5.78 Å². The molecule has 0 unspecified atom stereocenters. The van der Waals surface area contributed by atoms with Gasteiger partial charge in [0.15, 0.2) is 5.78 Å². The normalized spacial score (nSPS) is 13.7. The lowest BCUT2D eigenvalue weighted by atomic mass is 10.1. The van der Waals surface area contributed by atoms with Crippen LogP contribution >= 0.6 is 0 Å². The molecule has 0 bridgehead atoms. The molecule has 3 nitrogen and oxygen atoms in total. The van der Waals surface area contributed by atoms with Gasteiger partial charge < -0.3 is 9.88 Å². The SMILES string of the molecule is Cc1cc(C(=O)CN2CCc3ccccc32)c(C)[nH]1. The monoisotopic (exact) mass is 254 g/mol. The van der Waals surface area contributed by atoms with E-state index in [0.717, 1.165) is 29.9 Å².